The van der Waals surface area contributed by atoms with E-state index in [1.165, 1.54) is 12.1 Å². The first-order chi connectivity index (χ1) is 7.63. The Kier molecular flexibility index (Phi) is 4.69. The molecule has 6 heteroatoms. The van der Waals surface area contributed by atoms with Gasteiger partial charge in [-0.2, -0.15) is 0 Å². The zero-order chi connectivity index (χ0) is 12.0. The summed E-state index contributed by atoms with van der Waals surface area (Å²) in [6, 6.07) is 6.13. The maximum atomic E-state index is 11.2. The number of hydrogen-bond donors (Lipinski definition) is 3. The van der Waals surface area contributed by atoms with Crippen LogP contribution >= 0.6 is 0 Å². The Bertz CT molecular complexity index is 364. The van der Waals surface area contributed by atoms with E-state index < -0.39 is 7.12 Å². The molecule has 0 aliphatic rings. The summed E-state index contributed by atoms with van der Waals surface area (Å²) in [5, 5.41) is 20.3. The molecule has 1 rings (SSSR count). The van der Waals surface area contributed by atoms with Gasteiger partial charge in [0.15, 0.2) is 0 Å². The number of rotatable bonds is 5. The second kappa shape index (κ2) is 6.04. The second-order valence-electron chi connectivity index (χ2n) is 3.25. The van der Waals surface area contributed by atoms with Gasteiger partial charge in [0.2, 0.25) is 5.91 Å². The van der Waals surface area contributed by atoms with Crippen molar-refractivity contribution in [2.45, 2.75) is 12.8 Å². The number of hydrogen-bond acceptors (Lipinski definition) is 4. The first-order valence-corrected chi connectivity index (χ1v) is 4.83. The third-order valence-corrected chi connectivity index (χ3v) is 1.98. The van der Waals surface area contributed by atoms with E-state index in [9.17, 15) is 9.59 Å². The number of aldehydes is 1. The Morgan fingerprint density at radius 1 is 1.31 bits per heavy atom. The molecule has 0 spiro atoms. The lowest BCUT2D eigenvalue weighted by Gasteiger charge is -2.05. The highest BCUT2D eigenvalue weighted by Gasteiger charge is 2.10. The quantitative estimate of drug-likeness (QED) is 0.452. The summed E-state index contributed by atoms with van der Waals surface area (Å²) in [4.78, 5) is 21.3. The van der Waals surface area contributed by atoms with E-state index in [-0.39, 0.29) is 18.7 Å². The normalized spacial score (nSPS) is 9.62. The molecule has 0 unspecified atom stereocenters. The lowest BCUT2D eigenvalue weighted by Crippen LogP contribution is -2.29. The number of benzene rings is 1. The molecular weight excluding hydrogens is 209 g/mol. The van der Waals surface area contributed by atoms with Crippen molar-refractivity contribution in [1.29, 1.82) is 0 Å². The van der Waals surface area contributed by atoms with Crippen LogP contribution in [0.1, 0.15) is 12.8 Å². The maximum absolute atomic E-state index is 11.2. The van der Waals surface area contributed by atoms with Gasteiger partial charge in [0.05, 0.1) is 0 Å². The van der Waals surface area contributed by atoms with Gasteiger partial charge in [-0.1, -0.05) is 12.1 Å². The third-order valence-electron chi connectivity index (χ3n) is 1.98. The van der Waals surface area contributed by atoms with Gasteiger partial charge in [-0.15, -0.1) is 0 Å². The lowest BCUT2D eigenvalue weighted by molar-refractivity contribution is -0.118. The van der Waals surface area contributed by atoms with E-state index in [1.54, 1.807) is 12.1 Å². The maximum Gasteiger partial charge on any atom is 0.488 e. The van der Waals surface area contributed by atoms with Crippen molar-refractivity contribution in [2.75, 3.05) is 5.32 Å². The van der Waals surface area contributed by atoms with Crippen molar-refractivity contribution in [1.82, 2.24) is 0 Å². The molecule has 0 fully saturated rings. The molecule has 0 radical (unpaired) electrons. The van der Waals surface area contributed by atoms with Crippen LogP contribution in [0.25, 0.3) is 0 Å². The molecule has 1 aromatic rings. The van der Waals surface area contributed by atoms with Crippen molar-refractivity contribution in [2.24, 2.45) is 0 Å². The number of amides is 1. The van der Waals surface area contributed by atoms with Crippen molar-refractivity contribution >= 4 is 30.5 Å². The summed E-state index contributed by atoms with van der Waals surface area (Å²) in [6.07, 6.45) is 1.03. The van der Waals surface area contributed by atoms with Crippen LogP contribution in [0, 0.1) is 0 Å². The minimum atomic E-state index is -1.51. The Labute approximate surface area is 93.2 Å². The number of nitrogens with one attached hydrogen (secondary N) is 1. The fourth-order valence-corrected chi connectivity index (χ4v) is 1.15. The molecular formula is C10H12BNO4. The number of carbonyl (C=O) groups excluding carboxylic acids is 2. The van der Waals surface area contributed by atoms with Gasteiger partial charge in [0, 0.05) is 18.5 Å². The van der Waals surface area contributed by atoms with Crippen LogP contribution in [0.2, 0.25) is 0 Å². The second-order valence-corrected chi connectivity index (χ2v) is 3.25. The first-order valence-electron chi connectivity index (χ1n) is 4.83. The number of anilines is 1. The summed E-state index contributed by atoms with van der Waals surface area (Å²) in [7, 11) is -1.51. The minimum absolute atomic E-state index is 0.147. The Morgan fingerprint density at radius 2 is 1.94 bits per heavy atom. The molecule has 0 saturated carbocycles. The highest BCUT2D eigenvalue weighted by atomic mass is 16.4. The zero-order valence-electron chi connectivity index (χ0n) is 8.59. The summed E-state index contributed by atoms with van der Waals surface area (Å²) in [5.74, 6) is -0.246. The van der Waals surface area contributed by atoms with Gasteiger partial charge in [-0.25, -0.2) is 0 Å². The van der Waals surface area contributed by atoms with Crippen LogP contribution in [0.3, 0.4) is 0 Å². The lowest BCUT2D eigenvalue weighted by atomic mass is 9.80. The van der Waals surface area contributed by atoms with E-state index in [2.05, 4.69) is 5.32 Å². The van der Waals surface area contributed by atoms with Crippen LogP contribution in [-0.2, 0) is 9.59 Å². The molecule has 1 amide bonds. The van der Waals surface area contributed by atoms with Gasteiger partial charge in [-0.3, -0.25) is 4.79 Å². The predicted molar refractivity (Wildman–Crippen MR) is 60.2 cm³/mol. The Morgan fingerprint density at radius 3 is 2.44 bits per heavy atom. The largest absolute Gasteiger partial charge is 0.488 e. The fourth-order valence-electron chi connectivity index (χ4n) is 1.15. The summed E-state index contributed by atoms with van der Waals surface area (Å²) in [6.45, 7) is 0. The van der Waals surface area contributed by atoms with Gasteiger partial charge in [0.25, 0.3) is 0 Å². The summed E-state index contributed by atoms with van der Waals surface area (Å²) < 4.78 is 0. The van der Waals surface area contributed by atoms with Crippen molar-refractivity contribution in [3.8, 4) is 0 Å². The number of carbonyl (C=O) groups is 2. The van der Waals surface area contributed by atoms with Gasteiger partial charge < -0.3 is 20.2 Å². The first kappa shape index (κ1) is 12.4. The molecule has 0 aromatic heterocycles. The topological polar surface area (TPSA) is 86.6 Å². The minimum Gasteiger partial charge on any atom is -0.423 e. The Hall–Kier alpha value is -1.66. The standard InChI is InChI=1S/C10H12BNO4/c13-7-1-2-10(14)12-9-5-3-8(4-6-9)11(15)16/h3-7,15-16H,1-2H2,(H,12,14). The van der Waals surface area contributed by atoms with Crippen molar-refractivity contribution in [3.63, 3.8) is 0 Å². The molecule has 0 bridgehead atoms. The van der Waals surface area contributed by atoms with E-state index in [0.717, 1.165) is 0 Å². The average Bonchev–Trinajstić information content (AvgIpc) is 2.27. The summed E-state index contributed by atoms with van der Waals surface area (Å²) in [5.41, 5.74) is 0.909. The predicted octanol–water partition coefficient (Wildman–Crippen LogP) is -0.716. The molecule has 0 heterocycles. The molecule has 5 nitrogen and oxygen atoms in total. The Balaban J connectivity index is 2.54. The smallest absolute Gasteiger partial charge is 0.423 e. The third kappa shape index (κ3) is 3.84. The monoisotopic (exact) mass is 221 g/mol. The van der Waals surface area contributed by atoms with Gasteiger partial charge >= 0.3 is 7.12 Å². The fraction of sp³-hybridized carbons (Fsp3) is 0.200. The molecule has 3 N–H and O–H groups in total. The van der Waals surface area contributed by atoms with E-state index >= 15 is 0 Å². The molecule has 84 valence electrons. The van der Waals surface area contributed by atoms with E-state index in [0.29, 0.717) is 17.4 Å². The zero-order valence-corrected chi connectivity index (χ0v) is 8.59. The van der Waals surface area contributed by atoms with E-state index in [4.69, 9.17) is 10.0 Å². The molecule has 0 saturated heterocycles. The van der Waals surface area contributed by atoms with Crippen LogP contribution in [0.4, 0.5) is 5.69 Å². The van der Waals surface area contributed by atoms with Crippen LogP contribution in [-0.4, -0.2) is 29.4 Å². The highest BCUT2D eigenvalue weighted by molar-refractivity contribution is 6.58. The molecule has 0 atom stereocenters. The molecule has 16 heavy (non-hydrogen) atoms. The summed E-state index contributed by atoms with van der Waals surface area (Å²) >= 11 is 0. The SMILES string of the molecule is O=CCCC(=O)Nc1ccc(B(O)O)cc1. The van der Waals surface area contributed by atoms with Gasteiger partial charge in [0.1, 0.15) is 6.29 Å². The van der Waals surface area contributed by atoms with Crippen molar-refractivity contribution < 1.29 is 19.6 Å². The molecule has 0 aliphatic carbocycles. The van der Waals surface area contributed by atoms with Crippen molar-refractivity contribution in [3.05, 3.63) is 24.3 Å². The average molecular weight is 221 g/mol. The van der Waals surface area contributed by atoms with E-state index in [1.807, 2.05) is 0 Å². The molecule has 1 aromatic carbocycles. The van der Waals surface area contributed by atoms with Gasteiger partial charge in [-0.05, 0) is 17.6 Å². The molecule has 0 aliphatic heterocycles. The van der Waals surface area contributed by atoms with Crippen LogP contribution < -0.4 is 10.8 Å². The van der Waals surface area contributed by atoms with Crippen LogP contribution in [0.5, 0.6) is 0 Å². The highest BCUT2D eigenvalue weighted by Crippen LogP contribution is 2.05. The van der Waals surface area contributed by atoms with Crippen LogP contribution in [0.15, 0.2) is 24.3 Å².